The van der Waals surface area contributed by atoms with E-state index in [0.29, 0.717) is 12.8 Å². The van der Waals surface area contributed by atoms with Gasteiger partial charge in [0.05, 0.1) is 6.04 Å². The van der Waals surface area contributed by atoms with Crippen molar-refractivity contribution in [3.8, 4) is 0 Å². The van der Waals surface area contributed by atoms with Gasteiger partial charge in [-0.3, -0.25) is 52.7 Å². The maximum atomic E-state index is 14.0. The zero-order valence-corrected chi connectivity index (χ0v) is 32.6. The van der Waals surface area contributed by atoms with Crippen molar-refractivity contribution in [3.63, 3.8) is 0 Å². The fourth-order valence-electron chi connectivity index (χ4n) is 5.93. The van der Waals surface area contributed by atoms with Crippen LogP contribution in [0.4, 0.5) is 0 Å². The van der Waals surface area contributed by atoms with E-state index in [2.05, 4.69) is 26.6 Å². The van der Waals surface area contributed by atoms with E-state index in [0.717, 1.165) is 6.92 Å². The first-order chi connectivity index (χ1) is 26.7. The van der Waals surface area contributed by atoms with Gasteiger partial charge in [0.15, 0.2) is 0 Å². The van der Waals surface area contributed by atoms with Crippen LogP contribution in [-0.4, -0.2) is 141 Å². The summed E-state index contributed by atoms with van der Waals surface area (Å²) in [6, 6.07) is -7.93. The van der Waals surface area contributed by atoms with Crippen LogP contribution in [0.3, 0.4) is 0 Å². The number of nitrogens with two attached hydrogens (primary N) is 1. The Hall–Kier alpha value is -5.67. The number of likely N-dealkylation sites (tertiary alicyclic amines) is 1. The number of carbonyl (C=O) groups is 11. The van der Waals surface area contributed by atoms with Gasteiger partial charge in [-0.05, 0) is 57.4 Å². The largest absolute Gasteiger partial charge is 0.481 e. The molecule has 0 saturated carbocycles. The Morgan fingerprint density at radius 2 is 1.23 bits per heavy atom. The van der Waals surface area contributed by atoms with E-state index in [9.17, 15) is 57.8 Å². The number of ketones is 1. The van der Waals surface area contributed by atoms with Crippen LogP contribution < -0.4 is 37.6 Å². The first-order valence-corrected chi connectivity index (χ1v) is 18.7. The smallest absolute Gasteiger partial charge is 0.322 e. The molecule has 0 bridgehead atoms. The van der Waals surface area contributed by atoms with Crippen molar-refractivity contribution in [2.45, 2.75) is 128 Å². The van der Waals surface area contributed by atoms with Crippen molar-refractivity contribution in [3.05, 3.63) is 0 Å². The zero-order chi connectivity index (χ0) is 43.4. The van der Waals surface area contributed by atoms with Crippen LogP contribution in [0, 0.1) is 5.92 Å². The number of hydrogen-bond donors (Lipinski definition) is 10. The van der Waals surface area contributed by atoms with Gasteiger partial charge in [-0.1, -0.05) is 27.2 Å². The molecule has 0 aromatic carbocycles. The number of amides is 7. The molecule has 22 heteroatoms. The lowest BCUT2D eigenvalue weighted by Crippen LogP contribution is -2.60. The number of Topliss-reactive ketones (excluding diaryl/α,β-unsaturated/α-hetero) is 1. The first-order valence-electron chi connectivity index (χ1n) is 18.7. The Balaban J connectivity index is 3.26. The lowest BCUT2D eigenvalue weighted by atomic mass is 10.00. The highest BCUT2D eigenvalue weighted by molar-refractivity contribution is 6.38. The number of nitrogens with one attached hydrogen (secondary N) is 6. The first kappa shape index (κ1) is 49.3. The summed E-state index contributed by atoms with van der Waals surface area (Å²) in [4.78, 5) is 139. The summed E-state index contributed by atoms with van der Waals surface area (Å²) in [7, 11) is 0. The van der Waals surface area contributed by atoms with Gasteiger partial charge in [-0.2, -0.15) is 0 Å². The molecule has 7 amide bonds. The van der Waals surface area contributed by atoms with E-state index in [1.165, 1.54) is 4.90 Å². The maximum Gasteiger partial charge on any atom is 0.322 e. The molecule has 22 nitrogen and oxygen atoms in total. The molecule has 1 aliphatic rings. The number of carboxylic acid groups (broad SMARTS) is 3. The van der Waals surface area contributed by atoms with Crippen molar-refractivity contribution in [1.29, 1.82) is 0 Å². The molecular formula is C35H56N8O14. The number of nitrogens with zero attached hydrogens (tertiary/aromatic N) is 1. The molecular weight excluding hydrogens is 756 g/mol. The predicted molar refractivity (Wildman–Crippen MR) is 197 cm³/mol. The van der Waals surface area contributed by atoms with Gasteiger partial charge in [0.25, 0.3) is 5.91 Å². The van der Waals surface area contributed by atoms with E-state index >= 15 is 0 Å². The molecule has 57 heavy (non-hydrogen) atoms. The molecule has 1 saturated heterocycles. The summed E-state index contributed by atoms with van der Waals surface area (Å²) in [5.74, 6) is -11.6. The highest BCUT2D eigenvalue weighted by atomic mass is 16.4. The van der Waals surface area contributed by atoms with Gasteiger partial charge >= 0.3 is 17.9 Å². The predicted octanol–water partition coefficient (Wildman–Crippen LogP) is -2.88. The Kier molecular flexibility index (Phi) is 21.4. The summed E-state index contributed by atoms with van der Waals surface area (Å²) in [5, 5.41) is 41.3. The third kappa shape index (κ3) is 17.3. The third-order valence-corrected chi connectivity index (χ3v) is 8.85. The summed E-state index contributed by atoms with van der Waals surface area (Å²) in [5.41, 5.74) is 5.67. The van der Waals surface area contributed by atoms with Crippen molar-refractivity contribution in [2.75, 3.05) is 19.6 Å². The number of rotatable bonds is 26. The fraction of sp³-hybridized carbons (Fsp3) is 0.686. The quantitative estimate of drug-likeness (QED) is 0.0392. The van der Waals surface area contributed by atoms with Crippen LogP contribution in [-0.2, 0) is 52.7 Å². The Morgan fingerprint density at radius 3 is 1.70 bits per heavy atom. The minimum Gasteiger partial charge on any atom is -0.481 e. The Bertz CT molecular complexity index is 1510. The van der Waals surface area contributed by atoms with Crippen LogP contribution in [0.5, 0.6) is 0 Å². The Morgan fingerprint density at radius 1 is 0.702 bits per heavy atom. The van der Waals surface area contributed by atoms with Crippen LogP contribution in [0.1, 0.15) is 91.9 Å². The molecule has 6 atom stereocenters. The van der Waals surface area contributed by atoms with Gasteiger partial charge in [-0.15, -0.1) is 0 Å². The molecule has 0 radical (unpaired) electrons. The van der Waals surface area contributed by atoms with Gasteiger partial charge in [0.2, 0.25) is 41.2 Å². The van der Waals surface area contributed by atoms with Crippen LogP contribution in [0.15, 0.2) is 0 Å². The molecule has 1 fully saturated rings. The van der Waals surface area contributed by atoms with Gasteiger partial charge in [0.1, 0.15) is 36.8 Å². The molecule has 0 aromatic heterocycles. The standard InChI is InChI=1S/C35H56N8O14/c1-5-8-20(29(51)34(56)37-17-27(49)50)39-33(55)24-10-7-16-43(24)35(57)28(18(2)3)42-32(54)21(9-6-15-36)40-31(53)23(12-14-26(47)48)41-30(52)22(38-19(4)44)11-13-25(45)46/h18,20-24,28H,5-17,36H2,1-4H3,(H,37,56)(H,38,44)(H,39,55)(H,40,53)(H,41,52)(H,42,54)(H,45,46)(H,47,48)(H,49,50)/t20-,21-,22-,23-,24-,28-/m0/s1. The lowest BCUT2D eigenvalue weighted by molar-refractivity contribution is -0.145. The minimum absolute atomic E-state index is 0.0494. The molecule has 0 unspecified atom stereocenters. The summed E-state index contributed by atoms with van der Waals surface area (Å²) in [6.07, 6.45) is -0.777. The molecule has 1 rings (SSSR count). The number of carboxylic acids is 3. The highest BCUT2D eigenvalue weighted by Crippen LogP contribution is 2.21. The molecule has 0 spiro atoms. The molecule has 0 aliphatic carbocycles. The zero-order valence-electron chi connectivity index (χ0n) is 32.6. The Labute approximate surface area is 329 Å². The van der Waals surface area contributed by atoms with Crippen molar-refractivity contribution in [1.82, 2.24) is 36.8 Å². The van der Waals surface area contributed by atoms with Crippen molar-refractivity contribution >= 4 is 65.0 Å². The van der Waals surface area contributed by atoms with E-state index in [4.69, 9.17) is 15.9 Å². The van der Waals surface area contributed by atoms with Gasteiger partial charge in [-0.25, -0.2) is 0 Å². The summed E-state index contributed by atoms with van der Waals surface area (Å²) >= 11 is 0. The number of carbonyl (C=O) groups excluding carboxylic acids is 8. The number of aliphatic carboxylic acids is 3. The topological polar surface area (TPSA) is 350 Å². The average molecular weight is 813 g/mol. The van der Waals surface area contributed by atoms with Crippen molar-refractivity contribution in [2.24, 2.45) is 11.7 Å². The van der Waals surface area contributed by atoms with E-state index in [1.807, 2.05) is 5.32 Å². The normalized spacial score (nSPS) is 16.2. The minimum atomic E-state index is -1.55. The monoisotopic (exact) mass is 812 g/mol. The van der Waals surface area contributed by atoms with Crippen molar-refractivity contribution < 1.29 is 68.1 Å². The summed E-state index contributed by atoms with van der Waals surface area (Å²) < 4.78 is 0. The highest BCUT2D eigenvalue weighted by Gasteiger charge is 2.41. The maximum absolute atomic E-state index is 14.0. The second kappa shape index (κ2) is 24.8. The van der Waals surface area contributed by atoms with Crippen LogP contribution >= 0.6 is 0 Å². The van der Waals surface area contributed by atoms with E-state index in [-0.39, 0.29) is 45.2 Å². The summed E-state index contributed by atoms with van der Waals surface area (Å²) in [6.45, 7) is 5.42. The van der Waals surface area contributed by atoms with Gasteiger partial charge < -0.3 is 57.9 Å². The molecule has 0 aromatic rings. The van der Waals surface area contributed by atoms with Crippen LogP contribution in [0.2, 0.25) is 0 Å². The van der Waals surface area contributed by atoms with Gasteiger partial charge in [0, 0.05) is 26.3 Å². The van der Waals surface area contributed by atoms with Crippen LogP contribution in [0.25, 0.3) is 0 Å². The molecule has 1 aliphatic heterocycles. The van der Waals surface area contributed by atoms with E-state index in [1.54, 1.807) is 20.8 Å². The SMILES string of the molecule is CCC[C@H](NC(=O)[C@@H]1CCCN1C(=O)[C@@H](NC(=O)[C@H](CCCN)NC(=O)[C@H](CCC(=O)O)NC(=O)[C@H](CCC(=O)O)NC(C)=O)C(C)C)C(=O)C(=O)NCC(=O)O. The van der Waals surface area contributed by atoms with E-state index < -0.39 is 133 Å². The second-order valence-corrected chi connectivity index (χ2v) is 13.9. The molecule has 320 valence electrons. The second-order valence-electron chi connectivity index (χ2n) is 13.9. The lowest BCUT2D eigenvalue weighted by Gasteiger charge is -2.32. The molecule has 11 N–H and O–H groups in total. The average Bonchev–Trinajstić information content (AvgIpc) is 3.63. The number of hydrogen-bond acceptors (Lipinski definition) is 12. The third-order valence-electron chi connectivity index (χ3n) is 8.85. The fourth-order valence-corrected chi connectivity index (χ4v) is 5.93. The molecule has 1 heterocycles.